The van der Waals surface area contributed by atoms with E-state index in [1.54, 1.807) is 9.80 Å². The molecule has 0 atom stereocenters. The Morgan fingerprint density at radius 3 is 2.03 bits per heavy atom. The van der Waals surface area contributed by atoms with Crippen LogP contribution in [0.2, 0.25) is 0 Å². The summed E-state index contributed by atoms with van der Waals surface area (Å²) in [6, 6.07) is 13.7. The van der Waals surface area contributed by atoms with Crippen molar-refractivity contribution in [3.05, 3.63) is 48.0 Å². The number of rotatable bonds is 5. The number of fused-ring (bicyclic) bond motifs is 1. The second-order valence-electron chi connectivity index (χ2n) is 7.69. The van der Waals surface area contributed by atoms with E-state index in [0.717, 1.165) is 10.8 Å². The Bertz CT molecular complexity index is 947. The molecule has 0 aromatic heterocycles. The van der Waals surface area contributed by atoms with Gasteiger partial charge in [-0.25, -0.2) is 0 Å². The number of carbonyl (C=O) groups excluding carboxylic acids is 3. The van der Waals surface area contributed by atoms with Gasteiger partial charge in [0, 0.05) is 44.8 Å². The fourth-order valence-electron chi connectivity index (χ4n) is 3.96. The van der Waals surface area contributed by atoms with E-state index in [2.05, 4.69) is 0 Å². The molecule has 0 aliphatic carbocycles. The number of piperazine rings is 1. The van der Waals surface area contributed by atoms with E-state index in [0.29, 0.717) is 63.8 Å². The third-order valence-corrected chi connectivity index (χ3v) is 6.66. The highest BCUT2D eigenvalue weighted by atomic mass is 32.2. The average Bonchev–Trinajstić information content (AvgIpc) is 2.83. The minimum Gasteiger partial charge on any atom is -0.378 e. The summed E-state index contributed by atoms with van der Waals surface area (Å²) in [5.41, 5.74) is 0.704. The molecule has 2 aromatic carbocycles. The number of benzene rings is 2. The Kier molecular flexibility index (Phi) is 7.09. The number of amides is 3. The maximum Gasteiger partial charge on any atom is 0.254 e. The lowest BCUT2D eigenvalue weighted by Gasteiger charge is -2.35. The molecular formula is C23H27N3O4S. The van der Waals surface area contributed by atoms with Gasteiger partial charge in [-0.1, -0.05) is 36.4 Å². The predicted molar refractivity (Wildman–Crippen MR) is 121 cm³/mol. The molecule has 2 heterocycles. The van der Waals surface area contributed by atoms with Gasteiger partial charge >= 0.3 is 0 Å². The van der Waals surface area contributed by atoms with Gasteiger partial charge in [0.05, 0.1) is 24.7 Å². The molecule has 0 bridgehead atoms. The summed E-state index contributed by atoms with van der Waals surface area (Å²) in [6.45, 7) is 4.49. The Labute approximate surface area is 186 Å². The van der Waals surface area contributed by atoms with Crippen LogP contribution in [-0.4, -0.2) is 96.4 Å². The summed E-state index contributed by atoms with van der Waals surface area (Å²) >= 11 is 1.36. The molecule has 0 radical (unpaired) electrons. The second-order valence-corrected chi connectivity index (χ2v) is 8.67. The van der Waals surface area contributed by atoms with Crippen LogP contribution >= 0.6 is 11.8 Å². The van der Waals surface area contributed by atoms with Crippen molar-refractivity contribution in [1.29, 1.82) is 0 Å². The first-order valence-electron chi connectivity index (χ1n) is 10.6. The Morgan fingerprint density at radius 1 is 0.742 bits per heavy atom. The number of carbonyl (C=O) groups is 3. The molecule has 4 rings (SSSR count). The van der Waals surface area contributed by atoms with Gasteiger partial charge in [-0.15, -0.1) is 11.8 Å². The largest absolute Gasteiger partial charge is 0.378 e. The van der Waals surface area contributed by atoms with Crippen molar-refractivity contribution in [1.82, 2.24) is 14.7 Å². The van der Waals surface area contributed by atoms with Crippen LogP contribution in [0.1, 0.15) is 10.4 Å². The van der Waals surface area contributed by atoms with Crippen LogP contribution < -0.4 is 0 Å². The lowest BCUT2D eigenvalue weighted by atomic mass is 10.0. The van der Waals surface area contributed by atoms with Crippen molar-refractivity contribution < 1.29 is 19.1 Å². The van der Waals surface area contributed by atoms with Gasteiger partial charge in [0.1, 0.15) is 0 Å². The van der Waals surface area contributed by atoms with Crippen LogP contribution in [0.25, 0.3) is 10.8 Å². The van der Waals surface area contributed by atoms with E-state index in [1.807, 2.05) is 47.4 Å². The van der Waals surface area contributed by atoms with Gasteiger partial charge in [0.2, 0.25) is 11.8 Å². The van der Waals surface area contributed by atoms with E-state index < -0.39 is 0 Å². The first kappa shape index (κ1) is 21.6. The molecule has 0 saturated carbocycles. The second kappa shape index (κ2) is 10.2. The summed E-state index contributed by atoms with van der Waals surface area (Å²) in [5.74, 6) is 0.691. The van der Waals surface area contributed by atoms with Gasteiger partial charge in [0.15, 0.2) is 0 Å². The zero-order valence-corrected chi connectivity index (χ0v) is 18.3. The lowest BCUT2D eigenvalue weighted by molar-refractivity contribution is -0.132. The number of morpholine rings is 1. The molecule has 0 unspecified atom stereocenters. The van der Waals surface area contributed by atoms with Gasteiger partial charge in [-0.05, 0) is 16.8 Å². The SMILES string of the molecule is O=C(CSCC(=O)N1CCN(C(=O)c2cccc3ccccc23)CC1)N1CCOCC1. The molecule has 3 amide bonds. The lowest BCUT2D eigenvalue weighted by Crippen LogP contribution is -2.51. The van der Waals surface area contributed by atoms with E-state index in [1.165, 1.54) is 11.8 Å². The molecule has 2 aliphatic heterocycles. The molecule has 2 fully saturated rings. The normalized spacial score (nSPS) is 17.1. The third kappa shape index (κ3) is 5.19. The van der Waals surface area contributed by atoms with E-state index in [-0.39, 0.29) is 23.5 Å². The zero-order chi connectivity index (χ0) is 21.6. The van der Waals surface area contributed by atoms with Crippen LogP contribution in [0, 0.1) is 0 Å². The molecule has 2 aliphatic rings. The molecule has 31 heavy (non-hydrogen) atoms. The van der Waals surface area contributed by atoms with Gasteiger partial charge < -0.3 is 19.4 Å². The van der Waals surface area contributed by atoms with Gasteiger partial charge in [0.25, 0.3) is 5.91 Å². The maximum absolute atomic E-state index is 13.1. The van der Waals surface area contributed by atoms with Crippen molar-refractivity contribution in [2.75, 3.05) is 64.0 Å². The van der Waals surface area contributed by atoms with Crippen LogP contribution in [0.5, 0.6) is 0 Å². The molecular weight excluding hydrogens is 414 g/mol. The van der Waals surface area contributed by atoms with Crippen LogP contribution in [0.15, 0.2) is 42.5 Å². The van der Waals surface area contributed by atoms with Crippen molar-refractivity contribution in [3.63, 3.8) is 0 Å². The Hall–Kier alpha value is -2.58. The minimum absolute atomic E-state index is 0.00869. The highest BCUT2D eigenvalue weighted by molar-refractivity contribution is 8.00. The maximum atomic E-state index is 13.1. The summed E-state index contributed by atoms with van der Waals surface area (Å²) < 4.78 is 5.26. The fraction of sp³-hybridized carbons (Fsp3) is 0.435. The average molecular weight is 442 g/mol. The summed E-state index contributed by atoms with van der Waals surface area (Å²) in [4.78, 5) is 43.2. The summed E-state index contributed by atoms with van der Waals surface area (Å²) in [6.07, 6.45) is 0. The molecule has 8 heteroatoms. The number of nitrogens with zero attached hydrogens (tertiary/aromatic N) is 3. The van der Waals surface area contributed by atoms with Gasteiger partial charge in [-0.2, -0.15) is 0 Å². The molecule has 7 nitrogen and oxygen atoms in total. The zero-order valence-electron chi connectivity index (χ0n) is 17.5. The fourth-order valence-corrected chi connectivity index (χ4v) is 4.78. The topological polar surface area (TPSA) is 70.2 Å². The highest BCUT2D eigenvalue weighted by Crippen LogP contribution is 2.21. The molecule has 0 spiro atoms. The first-order valence-corrected chi connectivity index (χ1v) is 11.8. The van der Waals surface area contributed by atoms with E-state index >= 15 is 0 Å². The van der Waals surface area contributed by atoms with E-state index in [9.17, 15) is 14.4 Å². The molecule has 0 N–H and O–H groups in total. The highest BCUT2D eigenvalue weighted by Gasteiger charge is 2.26. The summed E-state index contributed by atoms with van der Waals surface area (Å²) in [7, 11) is 0. The van der Waals surface area contributed by atoms with Crippen LogP contribution in [0.3, 0.4) is 0 Å². The van der Waals surface area contributed by atoms with Gasteiger partial charge in [-0.3, -0.25) is 14.4 Å². The Morgan fingerprint density at radius 2 is 1.32 bits per heavy atom. The van der Waals surface area contributed by atoms with Crippen molar-refractivity contribution in [2.45, 2.75) is 0 Å². The molecule has 164 valence electrons. The van der Waals surface area contributed by atoms with Crippen LogP contribution in [0.4, 0.5) is 0 Å². The predicted octanol–water partition coefficient (Wildman–Crippen LogP) is 1.72. The standard InChI is InChI=1S/C23H27N3O4S/c27-21(16-31-17-22(28)25-12-14-30-15-13-25)24-8-10-26(11-9-24)23(29)20-7-3-5-18-4-1-2-6-19(18)20/h1-7H,8-17H2. The van der Waals surface area contributed by atoms with Crippen LogP contribution in [-0.2, 0) is 14.3 Å². The quantitative estimate of drug-likeness (QED) is 0.707. The van der Waals surface area contributed by atoms with Crippen molar-refractivity contribution in [2.24, 2.45) is 0 Å². The number of thioether (sulfide) groups is 1. The monoisotopic (exact) mass is 441 g/mol. The third-order valence-electron chi connectivity index (χ3n) is 5.75. The molecule has 2 saturated heterocycles. The first-order chi connectivity index (χ1) is 15.1. The minimum atomic E-state index is 0.00869. The Balaban J connectivity index is 1.25. The number of ether oxygens (including phenoxy) is 1. The molecule has 2 aromatic rings. The number of hydrogen-bond donors (Lipinski definition) is 0. The van der Waals surface area contributed by atoms with Crippen molar-refractivity contribution in [3.8, 4) is 0 Å². The number of hydrogen-bond acceptors (Lipinski definition) is 5. The smallest absolute Gasteiger partial charge is 0.254 e. The summed E-state index contributed by atoms with van der Waals surface area (Å²) in [5, 5.41) is 2.00. The van der Waals surface area contributed by atoms with E-state index in [4.69, 9.17) is 4.74 Å². The van der Waals surface area contributed by atoms with Crippen molar-refractivity contribution >= 4 is 40.3 Å².